The van der Waals surface area contributed by atoms with E-state index in [0.717, 1.165) is 25.7 Å². The largest absolute Gasteiger partial charge is 0.450 e. The summed E-state index contributed by atoms with van der Waals surface area (Å²) in [7, 11) is -2.97. The fourth-order valence-electron chi connectivity index (χ4n) is 2.97. The molecule has 1 saturated carbocycles. The lowest BCUT2D eigenvalue weighted by molar-refractivity contribution is 0.0749. The predicted octanol–water partition coefficient (Wildman–Crippen LogP) is 1.57. The summed E-state index contributed by atoms with van der Waals surface area (Å²) in [5.41, 5.74) is 0. The van der Waals surface area contributed by atoms with Crippen LogP contribution in [-0.2, 0) is 14.6 Å². The molecule has 0 bridgehead atoms. The minimum Gasteiger partial charge on any atom is -0.450 e. The number of hydrogen-bond donors (Lipinski definition) is 0. The maximum atomic E-state index is 12.0. The van der Waals surface area contributed by atoms with Gasteiger partial charge in [0.25, 0.3) is 0 Å². The van der Waals surface area contributed by atoms with Crippen molar-refractivity contribution in [2.45, 2.75) is 51.1 Å². The maximum absolute atomic E-state index is 12.0. The van der Waals surface area contributed by atoms with Crippen molar-refractivity contribution < 1.29 is 17.9 Å². The van der Waals surface area contributed by atoms with E-state index in [-0.39, 0.29) is 29.7 Å². The Hall–Kier alpha value is -0.780. The van der Waals surface area contributed by atoms with Gasteiger partial charge in [-0.1, -0.05) is 12.8 Å². The van der Waals surface area contributed by atoms with Crippen LogP contribution in [0.4, 0.5) is 4.79 Å². The van der Waals surface area contributed by atoms with Crippen molar-refractivity contribution >= 4 is 15.9 Å². The van der Waals surface area contributed by atoms with Gasteiger partial charge in [-0.05, 0) is 26.2 Å². The second kappa shape index (κ2) is 5.47. The summed E-state index contributed by atoms with van der Waals surface area (Å²) >= 11 is 0. The zero-order valence-electron chi connectivity index (χ0n) is 10.8. The van der Waals surface area contributed by atoms with Crippen molar-refractivity contribution in [3.63, 3.8) is 0 Å². The molecule has 104 valence electrons. The van der Waals surface area contributed by atoms with Gasteiger partial charge >= 0.3 is 6.09 Å². The molecule has 18 heavy (non-hydrogen) atoms. The molecule has 0 aromatic carbocycles. The van der Waals surface area contributed by atoms with Gasteiger partial charge in [-0.3, -0.25) is 0 Å². The summed E-state index contributed by atoms with van der Waals surface area (Å²) in [6.45, 7) is 2.11. The molecule has 5 nitrogen and oxygen atoms in total. The smallest absolute Gasteiger partial charge is 0.410 e. The number of nitrogens with zero attached hydrogens (tertiary/aromatic N) is 1. The Labute approximate surface area is 108 Å². The Bertz CT molecular complexity index is 400. The molecule has 1 atom stereocenters. The van der Waals surface area contributed by atoms with Crippen molar-refractivity contribution in [3.05, 3.63) is 0 Å². The van der Waals surface area contributed by atoms with Crippen molar-refractivity contribution in [1.29, 1.82) is 0 Å². The molecule has 1 aliphatic carbocycles. The molecule has 1 heterocycles. The molecule has 6 heteroatoms. The van der Waals surface area contributed by atoms with Crippen molar-refractivity contribution in [2.75, 3.05) is 18.1 Å². The van der Waals surface area contributed by atoms with E-state index >= 15 is 0 Å². The van der Waals surface area contributed by atoms with E-state index in [1.165, 1.54) is 0 Å². The van der Waals surface area contributed by atoms with Gasteiger partial charge < -0.3 is 9.64 Å². The average Bonchev–Trinajstić information content (AvgIpc) is 2.90. The predicted molar refractivity (Wildman–Crippen MR) is 68.2 cm³/mol. The summed E-state index contributed by atoms with van der Waals surface area (Å²) in [5, 5.41) is 0. The molecule has 1 saturated heterocycles. The number of ether oxygens (including phenoxy) is 1. The number of carbonyl (C=O) groups is 1. The number of carbonyl (C=O) groups excluding carboxylic acids is 1. The standard InChI is InChI=1S/C12H21NO4S/c1-2-17-12(14)13(10-5-3-4-6-10)11-7-8-18(15,16)9-11/h10-11H,2-9H2,1H3. The van der Waals surface area contributed by atoms with Crippen molar-refractivity contribution in [3.8, 4) is 0 Å². The molecule has 0 N–H and O–H groups in total. The van der Waals surface area contributed by atoms with Gasteiger partial charge in [0, 0.05) is 6.04 Å². The lowest BCUT2D eigenvalue weighted by atomic mass is 10.1. The van der Waals surface area contributed by atoms with Crippen LogP contribution >= 0.6 is 0 Å². The van der Waals surface area contributed by atoms with Crippen LogP contribution in [0.5, 0.6) is 0 Å². The molecule has 2 fully saturated rings. The Morgan fingerprint density at radius 1 is 1.22 bits per heavy atom. The second-order valence-electron chi connectivity index (χ2n) is 5.10. The van der Waals surface area contributed by atoms with Crippen LogP contribution in [0, 0.1) is 0 Å². The first-order valence-corrected chi connectivity index (χ1v) is 8.51. The molecule has 2 rings (SSSR count). The summed E-state index contributed by atoms with van der Waals surface area (Å²) in [4.78, 5) is 13.7. The quantitative estimate of drug-likeness (QED) is 0.784. The monoisotopic (exact) mass is 275 g/mol. The van der Waals surface area contributed by atoms with Crippen molar-refractivity contribution in [2.24, 2.45) is 0 Å². The third-order valence-corrected chi connectivity index (χ3v) is 5.55. The zero-order chi connectivity index (χ0) is 13.2. The van der Waals surface area contributed by atoms with E-state index in [4.69, 9.17) is 4.74 Å². The normalized spacial score (nSPS) is 27.3. The van der Waals surface area contributed by atoms with E-state index in [1.807, 2.05) is 0 Å². The average molecular weight is 275 g/mol. The van der Waals surface area contributed by atoms with E-state index in [0.29, 0.717) is 13.0 Å². The topological polar surface area (TPSA) is 63.7 Å². The Kier molecular flexibility index (Phi) is 4.14. The highest BCUT2D eigenvalue weighted by molar-refractivity contribution is 7.91. The molecule has 1 aliphatic heterocycles. The lowest BCUT2D eigenvalue weighted by Crippen LogP contribution is -2.47. The van der Waals surface area contributed by atoms with Gasteiger partial charge in [0.2, 0.25) is 0 Å². The van der Waals surface area contributed by atoms with Crippen LogP contribution in [0.1, 0.15) is 39.0 Å². The maximum Gasteiger partial charge on any atom is 0.410 e. The number of rotatable bonds is 3. The summed E-state index contributed by atoms with van der Waals surface area (Å²) < 4.78 is 28.2. The Balaban J connectivity index is 2.11. The lowest BCUT2D eigenvalue weighted by Gasteiger charge is -2.32. The number of sulfone groups is 1. The van der Waals surface area contributed by atoms with Gasteiger partial charge in [-0.25, -0.2) is 13.2 Å². The first-order chi connectivity index (χ1) is 8.53. The summed E-state index contributed by atoms with van der Waals surface area (Å²) in [6.07, 6.45) is 4.37. The Morgan fingerprint density at radius 3 is 2.39 bits per heavy atom. The molecule has 1 amide bonds. The summed E-state index contributed by atoms with van der Waals surface area (Å²) in [6, 6.07) is -0.0144. The zero-order valence-corrected chi connectivity index (χ0v) is 11.6. The van der Waals surface area contributed by atoms with E-state index in [9.17, 15) is 13.2 Å². The van der Waals surface area contributed by atoms with Crippen LogP contribution in [0.15, 0.2) is 0 Å². The molecule has 0 aromatic heterocycles. The molecule has 2 aliphatic rings. The molecular formula is C12H21NO4S. The molecule has 0 radical (unpaired) electrons. The van der Waals surface area contributed by atoms with Gasteiger partial charge in [0.15, 0.2) is 9.84 Å². The first-order valence-electron chi connectivity index (χ1n) is 6.69. The highest BCUT2D eigenvalue weighted by Gasteiger charge is 2.39. The van der Waals surface area contributed by atoms with Gasteiger partial charge in [-0.15, -0.1) is 0 Å². The van der Waals surface area contributed by atoms with Gasteiger partial charge in [0.05, 0.1) is 24.2 Å². The van der Waals surface area contributed by atoms with E-state index < -0.39 is 9.84 Å². The van der Waals surface area contributed by atoms with Crippen LogP contribution < -0.4 is 0 Å². The SMILES string of the molecule is CCOC(=O)N(C1CCCC1)C1CCS(=O)(=O)C1. The minimum atomic E-state index is -2.97. The van der Waals surface area contributed by atoms with Gasteiger partial charge in [-0.2, -0.15) is 0 Å². The fraction of sp³-hybridized carbons (Fsp3) is 0.917. The third-order valence-electron chi connectivity index (χ3n) is 3.80. The van der Waals surface area contributed by atoms with Crippen LogP contribution in [-0.4, -0.2) is 49.6 Å². The second-order valence-corrected chi connectivity index (χ2v) is 7.33. The van der Waals surface area contributed by atoms with Crippen molar-refractivity contribution in [1.82, 2.24) is 4.90 Å². The van der Waals surface area contributed by atoms with E-state index in [1.54, 1.807) is 11.8 Å². The molecule has 0 aromatic rings. The first kappa shape index (κ1) is 13.6. The van der Waals surface area contributed by atoms with E-state index in [2.05, 4.69) is 0 Å². The van der Waals surface area contributed by atoms with Crippen LogP contribution in [0.25, 0.3) is 0 Å². The highest BCUT2D eigenvalue weighted by atomic mass is 32.2. The summed E-state index contributed by atoms with van der Waals surface area (Å²) in [5.74, 6) is 0.294. The minimum absolute atomic E-state index is 0.0995. The van der Waals surface area contributed by atoms with Gasteiger partial charge in [0.1, 0.15) is 0 Å². The highest BCUT2D eigenvalue weighted by Crippen LogP contribution is 2.29. The molecular weight excluding hydrogens is 254 g/mol. The van der Waals surface area contributed by atoms with Crippen LogP contribution in [0.3, 0.4) is 0 Å². The fourth-order valence-corrected chi connectivity index (χ4v) is 4.68. The number of amides is 1. The van der Waals surface area contributed by atoms with Crippen LogP contribution in [0.2, 0.25) is 0 Å². The number of hydrogen-bond acceptors (Lipinski definition) is 4. The molecule has 1 unspecified atom stereocenters. The molecule has 0 spiro atoms. The third kappa shape index (κ3) is 2.96. The Morgan fingerprint density at radius 2 is 1.89 bits per heavy atom.